The first kappa shape index (κ1) is 14.0. The third kappa shape index (κ3) is 3.13. The highest BCUT2D eigenvalue weighted by atomic mass is 32.2. The van der Waals surface area contributed by atoms with Gasteiger partial charge in [0, 0.05) is 5.54 Å². The van der Waals surface area contributed by atoms with Crippen LogP contribution in [0.5, 0.6) is 0 Å². The van der Waals surface area contributed by atoms with Gasteiger partial charge in [-0.2, -0.15) is 5.26 Å². The number of nitriles is 1. The molecule has 0 bridgehead atoms. The molecule has 1 aromatic rings. The number of rotatable bonds is 3. The van der Waals surface area contributed by atoms with E-state index in [9.17, 15) is 8.42 Å². The van der Waals surface area contributed by atoms with E-state index in [1.165, 1.54) is 12.1 Å². The molecular formula is C13H17N3O2S. The fourth-order valence-electron chi connectivity index (χ4n) is 2.25. The summed E-state index contributed by atoms with van der Waals surface area (Å²) >= 11 is 0. The lowest BCUT2D eigenvalue weighted by Crippen LogP contribution is -2.52. The van der Waals surface area contributed by atoms with Crippen LogP contribution < -0.4 is 10.0 Å². The molecule has 0 aromatic heterocycles. The highest BCUT2D eigenvalue weighted by Crippen LogP contribution is 2.22. The van der Waals surface area contributed by atoms with Crippen LogP contribution in [0.15, 0.2) is 29.2 Å². The molecule has 19 heavy (non-hydrogen) atoms. The molecule has 102 valence electrons. The Morgan fingerprint density at radius 2 is 1.95 bits per heavy atom. The van der Waals surface area contributed by atoms with E-state index in [1.807, 2.05) is 13.0 Å². The molecular weight excluding hydrogens is 262 g/mol. The third-order valence-corrected chi connectivity index (χ3v) is 5.08. The standard InChI is InChI=1S/C13H17N3O2S/c1-13(6-8-15-9-7-13)16-19(17,18)12-5-3-2-4-11(12)10-14/h2-5,15-16H,6-9H2,1H3. The van der Waals surface area contributed by atoms with Crippen LogP contribution in [0.2, 0.25) is 0 Å². The van der Waals surface area contributed by atoms with Gasteiger partial charge in [-0.1, -0.05) is 12.1 Å². The smallest absolute Gasteiger partial charge is 0.242 e. The number of hydrogen-bond donors (Lipinski definition) is 2. The minimum Gasteiger partial charge on any atom is -0.317 e. The Morgan fingerprint density at radius 1 is 1.32 bits per heavy atom. The van der Waals surface area contributed by atoms with Crippen molar-refractivity contribution in [1.29, 1.82) is 5.26 Å². The van der Waals surface area contributed by atoms with Gasteiger partial charge in [-0.3, -0.25) is 0 Å². The molecule has 5 nitrogen and oxygen atoms in total. The van der Waals surface area contributed by atoms with Crippen molar-refractivity contribution in [2.75, 3.05) is 13.1 Å². The van der Waals surface area contributed by atoms with Crippen molar-refractivity contribution < 1.29 is 8.42 Å². The van der Waals surface area contributed by atoms with E-state index in [0.717, 1.165) is 25.9 Å². The maximum atomic E-state index is 12.4. The Bertz CT molecular complexity index is 599. The topological polar surface area (TPSA) is 82.0 Å². The average molecular weight is 279 g/mol. The minimum atomic E-state index is -3.66. The van der Waals surface area contributed by atoms with E-state index in [4.69, 9.17) is 5.26 Å². The molecule has 0 unspecified atom stereocenters. The van der Waals surface area contributed by atoms with Gasteiger partial charge in [-0.05, 0) is 45.0 Å². The van der Waals surface area contributed by atoms with Crippen molar-refractivity contribution in [3.8, 4) is 6.07 Å². The molecule has 6 heteroatoms. The van der Waals surface area contributed by atoms with E-state index in [2.05, 4.69) is 10.0 Å². The molecule has 1 fully saturated rings. The lowest BCUT2D eigenvalue weighted by atomic mass is 9.92. The Hall–Kier alpha value is -1.42. The normalized spacial score (nSPS) is 18.7. The van der Waals surface area contributed by atoms with Gasteiger partial charge in [0.25, 0.3) is 0 Å². The van der Waals surface area contributed by atoms with Gasteiger partial charge in [0.15, 0.2) is 0 Å². The molecule has 0 atom stereocenters. The summed E-state index contributed by atoms with van der Waals surface area (Å²) in [4.78, 5) is 0.0530. The van der Waals surface area contributed by atoms with Crippen LogP contribution in [-0.4, -0.2) is 27.0 Å². The predicted octanol–water partition coefficient (Wildman–Crippen LogP) is 0.979. The fourth-order valence-corrected chi connectivity index (χ4v) is 3.88. The van der Waals surface area contributed by atoms with Crippen molar-refractivity contribution >= 4 is 10.0 Å². The van der Waals surface area contributed by atoms with E-state index >= 15 is 0 Å². The minimum absolute atomic E-state index is 0.0530. The van der Waals surface area contributed by atoms with Crippen LogP contribution in [0.4, 0.5) is 0 Å². The maximum absolute atomic E-state index is 12.4. The van der Waals surface area contributed by atoms with Crippen LogP contribution in [0.3, 0.4) is 0 Å². The Labute approximate surface area is 113 Å². The first-order valence-corrected chi connectivity index (χ1v) is 7.69. The fraction of sp³-hybridized carbons (Fsp3) is 0.462. The Balaban J connectivity index is 2.30. The molecule has 1 aromatic carbocycles. The highest BCUT2D eigenvalue weighted by molar-refractivity contribution is 7.89. The van der Waals surface area contributed by atoms with Gasteiger partial charge in [0.2, 0.25) is 10.0 Å². The first-order valence-electron chi connectivity index (χ1n) is 6.21. The number of sulfonamides is 1. The monoisotopic (exact) mass is 279 g/mol. The van der Waals surface area contributed by atoms with Gasteiger partial charge in [-0.15, -0.1) is 0 Å². The molecule has 1 saturated heterocycles. The first-order chi connectivity index (χ1) is 8.97. The Kier molecular flexibility index (Phi) is 3.90. The summed E-state index contributed by atoms with van der Waals surface area (Å²) in [5, 5.41) is 12.2. The zero-order chi connectivity index (χ0) is 13.9. The van der Waals surface area contributed by atoms with E-state index < -0.39 is 15.6 Å². The summed E-state index contributed by atoms with van der Waals surface area (Å²) in [5.41, 5.74) is -0.278. The van der Waals surface area contributed by atoms with Crippen LogP contribution >= 0.6 is 0 Å². The van der Waals surface area contributed by atoms with Crippen molar-refractivity contribution in [2.24, 2.45) is 0 Å². The second-order valence-corrected chi connectivity index (χ2v) is 6.67. The van der Waals surface area contributed by atoms with Gasteiger partial charge >= 0.3 is 0 Å². The van der Waals surface area contributed by atoms with Crippen molar-refractivity contribution in [2.45, 2.75) is 30.2 Å². The van der Waals surface area contributed by atoms with Crippen molar-refractivity contribution in [1.82, 2.24) is 10.0 Å². The van der Waals surface area contributed by atoms with Crippen LogP contribution in [-0.2, 0) is 10.0 Å². The van der Waals surface area contributed by atoms with Crippen LogP contribution in [0, 0.1) is 11.3 Å². The molecule has 0 radical (unpaired) electrons. The number of benzene rings is 1. The highest BCUT2D eigenvalue weighted by Gasteiger charge is 2.32. The SMILES string of the molecule is CC1(NS(=O)(=O)c2ccccc2C#N)CCNCC1. The zero-order valence-electron chi connectivity index (χ0n) is 10.8. The summed E-state index contributed by atoms with van der Waals surface area (Å²) in [6.07, 6.45) is 1.47. The van der Waals surface area contributed by atoms with Crippen LogP contribution in [0.1, 0.15) is 25.3 Å². The largest absolute Gasteiger partial charge is 0.317 e. The molecule has 0 saturated carbocycles. The molecule has 1 aliphatic rings. The zero-order valence-corrected chi connectivity index (χ0v) is 11.6. The van der Waals surface area contributed by atoms with Gasteiger partial charge in [0.1, 0.15) is 6.07 Å². The number of hydrogen-bond acceptors (Lipinski definition) is 4. The van der Waals surface area contributed by atoms with Crippen molar-refractivity contribution in [3.05, 3.63) is 29.8 Å². The molecule has 1 aliphatic heterocycles. The summed E-state index contributed by atoms with van der Waals surface area (Å²) in [7, 11) is -3.66. The molecule has 2 rings (SSSR count). The molecule has 0 amide bonds. The Morgan fingerprint density at radius 3 is 2.58 bits per heavy atom. The van der Waals surface area contributed by atoms with Gasteiger partial charge in [-0.25, -0.2) is 13.1 Å². The third-order valence-electron chi connectivity index (χ3n) is 3.38. The predicted molar refractivity (Wildman–Crippen MR) is 72.0 cm³/mol. The number of nitrogens with one attached hydrogen (secondary N) is 2. The maximum Gasteiger partial charge on any atom is 0.242 e. The summed E-state index contributed by atoms with van der Waals surface area (Å²) in [6.45, 7) is 3.48. The molecule has 0 spiro atoms. The average Bonchev–Trinajstić information content (AvgIpc) is 2.38. The lowest BCUT2D eigenvalue weighted by molar-refractivity contribution is 0.308. The van der Waals surface area contributed by atoms with Gasteiger partial charge < -0.3 is 5.32 Å². The second-order valence-electron chi connectivity index (χ2n) is 5.02. The summed E-state index contributed by atoms with van der Waals surface area (Å²) < 4.78 is 27.5. The van der Waals surface area contributed by atoms with Crippen LogP contribution in [0.25, 0.3) is 0 Å². The van der Waals surface area contributed by atoms with E-state index in [-0.39, 0.29) is 10.5 Å². The number of piperidine rings is 1. The van der Waals surface area contributed by atoms with Gasteiger partial charge in [0.05, 0.1) is 10.5 Å². The van der Waals surface area contributed by atoms with Crippen molar-refractivity contribution in [3.63, 3.8) is 0 Å². The molecule has 2 N–H and O–H groups in total. The van der Waals surface area contributed by atoms with E-state index in [1.54, 1.807) is 12.1 Å². The summed E-state index contributed by atoms with van der Waals surface area (Å²) in [6, 6.07) is 8.18. The molecule has 1 heterocycles. The lowest BCUT2D eigenvalue weighted by Gasteiger charge is -2.34. The quantitative estimate of drug-likeness (QED) is 0.864. The number of nitrogens with zero attached hydrogens (tertiary/aromatic N) is 1. The molecule has 0 aliphatic carbocycles. The van der Waals surface area contributed by atoms with E-state index in [0.29, 0.717) is 0 Å². The summed E-state index contributed by atoms with van der Waals surface area (Å²) in [5.74, 6) is 0. The second kappa shape index (κ2) is 5.29.